The van der Waals surface area contributed by atoms with Crippen LogP contribution in [0.1, 0.15) is 24.5 Å². The first-order valence-corrected chi connectivity index (χ1v) is 7.73. The van der Waals surface area contributed by atoms with Gasteiger partial charge in [-0.3, -0.25) is 0 Å². The second-order valence-electron chi connectivity index (χ2n) is 4.94. The van der Waals surface area contributed by atoms with Crippen molar-refractivity contribution in [3.8, 4) is 0 Å². The fourth-order valence-electron chi connectivity index (χ4n) is 1.70. The van der Waals surface area contributed by atoms with E-state index in [0.717, 1.165) is 11.1 Å². The van der Waals surface area contributed by atoms with Crippen LogP contribution < -0.4 is 10.5 Å². The minimum atomic E-state index is -3.60. The number of rotatable bonds is 6. The van der Waals surface area contributed by atoms with Crippen molar-refractivity contribution in [1.82, 2.24) is 4.72 Å². The minimum Gasteiger partial charge on any atom is -0.398 e. The summed E-state index contributed by atoms with van der Waals surface area (Å²) < 4.78 is 26.9. The number of aryl methyl sites for hydroxylation is 2. The number of aliphatic hydroxyl groups is 1. The van der Waals surface area contributed by atoms with Gasteiger partial charge in [0.05, 0.1) is 5.69 Å². The molecule has 0 bridgehead atoms. The molecule has 0 fully saturated rings. The van der Waals surface area contributed by atoms with Gasteiger partial charge in [-0.1, -0.05) is 6.92 Å². The standard InChI is InChI=1S/C13H22N2O3S/c1-9(4-5-16)8-15-19(17,18)13-7-11(3)10(2)6-12(13)14/h6-7,9,15-16H,4-5,8,14H2,1-3H3. The second-order valence-corrected chi connectivity index (χ2v) is 6.68. The van der Waals surface area contributed by atoms with E-state index in [1.807, 2.05) is 20.8 Å². The molecule has 1 atom stereocenters. The van der Waals surface area contributed by atoms with Crippen molar-refractivity contribution in [2.75, 3.05) is 18.9 Å². The number of nitrogens with one attached hydrogen (secondary N) is 1. The summed E-state index contributed by atoms with van der Waals surface area (Å²) in [6, 6.07) is 3.25. The van der Waals surface area contributed by atoms with Gasteiger partial charge in [0.15, 0.2) is 0 Å². The van der Waals surface area contributed by atoms with Gasteiger partial charge in [-0.05, 0) is 49.4 Å². The summed E-state index contributed by atoms with van der Waals surface area (Å²) in [7, 11) is -3.60. The predicted molar refractivity (Wildman–Crippen MR) is 76.4 cm³/mol. The highest BCUT2D eigenvalue weighted by Gasteiger charge is 2.19. The summed E-state index contributed by atoms with van der Waals surface area (Å²) in [4.78, 5) is 0.117. The lowest BCUT2D eigenvalue weighted by molar-refractivity contribution is 0.263. The molecule has 1 aromatic rings. The number of nitrogen functional groups attached to an aromatic ring is 1. The summed E-state index contributed by atoms with van der Waals surface area (Å²) in [5.41, 5.74) is 7.89. The third-order valence-electron chi connectivity index (χ3n) is 3.16. The molecule has 1 aromatic carbocycles. The van der Waals surface area contributed by atoms with Gasteiger partial charge in [-0.2, -0.15) is 0 Å². The molecule has 0 saturated carbocycles. The van der Waals surface area contributed by atoms with Crippen molar-refractivity contribution in [2.45, 2.75) is 32.1 Å². The Morgan fingerprint density at radius 3 is 2.47 bits per heavy atom. The largest absolute Gasteiger partial charge is 0.398 e. The molecule has 108 valence electrons. The van der Waals surface area contributed by atoms with Crippen LogP contribution in [-0.4, -0.2) is 26.7 Å². The molecule has 0 spiro atoms. The van der Waals surface area contributed by atoms with Gasteiger partial charge in [0, 0.05) is 13.2 Å². The van der Waals surface area contributed by atoms with Crippen LogP contribution in [0, 0.1) is 19.8 Å². The van der Waals surface area contributed by atoms with Crippen LogP contribution in [-0.2, 0) is 10.0 Å². The first kappa shape index (κ1) is 15.9. The van der Waals surface area contributed by atoms with Crippen LogP contribution in [0.3, 0.4) is 0 Å². The summed E-state index contributed by atoms with van der Waals surface area (Å²) in [6.07, 6.45) is 0.560. The van der Waals surface area contributed by atoms with Crippen molar-refractivity contribution in [3.05, 3.63) is 23.3 Å². The maximum Gasteiger partial charge on any atom is 0.242 e. The first-order chi connectivity index (χ1) is 8.77. The molecule has 0 aliphatic heterocycles. The van der Waals surface area contributed by atoms with Gasteiger partial charge < -0.3 is 10.8 Å². The highest BCUT2D eigenvalue weighted by Crippen LogP contribution is 2.22. The first-order valence-electron chi connectivity index (χ1n) is 6.25. The average molecular weight is 286 g/mol. The lowest BCUT2D eigenvalue weighted by Gasteiger charge is -2.14. The Hall–Kier alpha value is -1.11. The van der Waals surface area contributed by atoms with E-state index in [-0.39, 0.29) is 29.7 Å². The molecule has 0 radical (unpaired) electrons. The zero-order chi connectivity index (χ0) is 14.6. The Kier molecular flexibility index (Phi) is 5.34. The van der Waals surface area contributed by atoms with Gasteiger partial charge in [0.1, 0.15) is 4.90 Å². The van der Waals surface area contributed by atoms with Crippen molar-refractivity contribution in [3.63, 3.8) is 0 Å². The molecule has 0 aliphatic carbocycles. The van der Waals surface area contributed by atoms with Crippen molar-refractivity contribution in [2.24, 2.45) is 5.92 Å². The molecule has 0 aliphatic rings. The molecular formula is C13H22N2O3S. The summed E-state index contributed by atoms with van der Waals surface area (Å²) in [5.74, 6) is 0.0764. The van der Waals surface area contributed by atoms with Gasteiger partial charge in [0.2, 0.25) is 10.0 Å². The number of sulfonamides is 1. The maximum atomic E-state index is 12.2. The number of aliphatic hydroxyl groups excluding tert-OH is 1. The van der Waals surface area contributed by atoms with E-state index in [0.29, 0.717) is 6.42 Å². The Balaban J connectivity index is 2.92. The minimum absolute atomic E-state index is 0.0503. The summed E-state index contributed by atoms with van der Waals surface area (Å²) in [5, 5.41) is 8.80. The molecule has 0 amide bonds. The van der Waals surface area contributed by atoms with Crippen molar-refractivity contribution >= 4 is 15.7 Å². The second kappa shape index (κ2) is 6.36. The lowest BCUT2D eigenvalue weighted by Crippen LogP contribution is -2.29. The molecule has 0 aromatic heterocycles. The number of anilines is 1. The fourth-order valence-corrected chi connectivity index (χ4v) is 3.06. The molecular weight excluding hydrogens is 264 g/mol. The zero-order valence-electron chi connectivity index (χ0n) is 11.6. The number of hydrogen-bond acceptors (Lipinski definition) is 4. The predicted octanol–water partition coefficient (Wildman–Crippen LogP) is 1.18. The Labute approximate surface area is 114 Å². The van der Waals surface area contributed by atoms with Crippen LogP contribution in [0.2, 0.25) is 0 Å². The average Bonchev–Trinajstić information content (AvgIpc) is 2.31. The van der Waals surface area contributed by atoms with Crippen LogP contribution >= 0.6 is 0 Å². The van der Waals surface area contributed by atoms with E-state index >= 15 is 0 Å². The van der Waals surface area contributed by atoms with Crippen molar-refractivity contribution in [1.29, 1.82) is 0 Å². The molecule has 6 heteroatoms. The molecule has 1 unspecified atom stereocenters. The maximum absolute atomic E-state index is 12.2. The lowest BCUT2D eigenvalue weighted by atomic mass is 10.1. The fraction of sp³-hybridized carbons (Fsp3) is 0.538. The monoisotopic (exact) mass is 286 g/mol. The van der Waals surface area contributed by atoms with Gasteiger partial charge >= 0.3 is 0 Å². The Bertz CT molecular complexity index is 541. The van der Waals surface area contributed by atoms with Gasteiger partial charge in [-0.15, -0.1) is 0 Å². The molecule has 19 heavy (non-hydrogen) atoms. The highest BCUT2D eigenvalue weighted by molar-refractivity contribution is 7.89. The molecule has 5 nitrogen and oxygen atoms in total. The van der Waals surface area contributed by atoms with E-state index < -0.39 is 10.0 Å². The zero-order valence-corrected chi connectivity index (χ0v) is 12.4. The van der Waals surface area contributed by atoms with Crippen LogP contribution in [0.25, 0.3) is 0 Å². The van der Waals surface area contributed by atoms with Gasteiger partial charge in [0.25, 0.3) is 0 Å². The van der Waals surface area contributed by atoms with Crippen LogP contribution in [0.15, 0.2) is 17.0 Å². The SMILES string of the molecule is Cc1cc(N)c(S(=O)(=O)NCC(C)CCO)cc1C. The van der Waals surface area contributed by atoms with Gasteiger partial charge in [-0.25, -0.2) is 13.1 Å². The summed E-state index contributed by atoms with van der Waals surface area (Å²) >= 11 is 0. The Morgan fingerprint density at radius 2 is 1.89 bits per heavy atom. The molecule has 1 rings (SSSR count). The Morgan fingerprint density at radius 1 is 1.32 bits per heavy atom. The van der Waals surface area contributed by atoms with E-state index in [9.17, 15) is 8.42 Å². The van der Waals surface area contributed by atoms with Crippen LogP contribution in [0.4, 0.5) is 5.69 Å². The van der Waals surface area contributed by atoms with Crippen LogP contribution in [0.5, 0.6) is 0 Å². The van der Waals surface area contributed by atoms with E-state index in [4.69, 9.17) is 10.8 Å². The third-order valence-corrected chi connectivity index (χ3v) is 4.64. The third kappa shape index (κ3) is 4.19. The van der Waals surface area contributed by atoms with E-state index in [2.05, 4.69) is 4.72 Å². The molecule has 4 N–H and O–H groups in total. The van der Waals surface area contributed by atoms with E-state index in [1.54, 1.807) is 12.1 Å². The normalized spacial score (nSPS) is 13.5. The van der Waals surface area contributed by atoms with Crippen molar-refractivity contribution < 1.29 is 13.5 Å². The molecule has 0 heterocycles. The highest BCUT2D eigenvalue weighted by atomic mass is 32.2. The quantitative estimate of drug-likeness (QED) is 0.685. The smallest absolute Gasteiger partial charge is 0.242 e. The topological polar surface area (TPSA) is 92.4 Å². The number of benzene rings is 1. The molecule has 0 saturated heterocycles. The number of hydrogen-bond donors (Lipinski definition) is 3. The van der Waals surface area contributed by atoms with E-state index in [1.165, 1.54) is 0 Å². The number of nitrogens with two attached hydrogens (primary N) is 1. The summed E-state index contributed by atoms with van der Waals surface area (Å²) in [6.45, 7) is 5.95.